The number of halogens is 2. The first-order valence-corrected chi connectivity index (χ1v) is 7.98. The lowest BCUT2D eigenvalue weighted by atomic mass is 10.0. The van der Waals surface area contributed by atoms with Gasteiger partial charge in [0.2, 0.25) is 5.78 Å². The van der Waals surface area contributed by atoms with Gasteiger partial charge in [-0.05, 0) is 0 Å². The average Bonchev–Trinajstić information content (AvgIpc) is 2.55. The van der Waals surface area contributed by atoms with E-state index < -0.39 is 34.2 Å². The highest BCUT2D eigenvalue weighted by Crippen LogP contribution is 2.36. The number of benzene rings is 1. The quantitative estimate of drug-likeness (QED) is 0.488. The summed E-state index contributed by atoms with van der Waals surface area (Å²) < 4.78 is 49.1. The number of methoxy groups -OCH3 is 2. The van der Waals surface area contributed by atoms with E-state index in [1.807, 2.05) is 0 Å². The molecular weight excluding hydrogens is 344 g/mol. The molecule has 0 saturated heterocycles. The molecule has 1 heterocycles. The molecule has 0 aliphatic carbocycles. The number of hydrogen-bond acceptors (Lipinski definition) is 7. The molecule has 0 aliphatic rings. The van der Waals surface area contributed by atoms with Gasteiger partial charge in [-0.3, -0.25) is 4.79 Å². The largest absolute Gasteiger partial charge is 0.609 e. The van der Waals surface area contributed by atoms with Crippen molar-refractivity contribution in [3.63, 3.8) is 0 Å². The van der Waals surface area contributed by atoms with Crippen molar-refractivity contribution in [1.29, 1.82) is 0 Å². The summed E-state index contributed by atoms with van der Waals surface area (Å²) in [4.78, 5) is 20.1. The van der Waals surface area contributed by atoms with Gasteiger partial charge in [0.05, 0.1) is 19.8 Å². The average molecular weight is 357 g/mol. The third-order valence-corrected chi connectivity index (χ3v) is 3.80. The number of nitrogens with zero attached hydrogens (tertiary/aromatic N) is 2. The third kappa shape index (κ3) is 3.10. The summed E-state index contributed by atoms with van der Waals surface area (Å²) in [5, 5.41) is -0.0895. The first-order valence-electron chi connectivity index (χ1n) is 6.42. The van der Waals surface area contributed by atoms with E-state index in [1.54, 1.807) is 0 Å². The smallest absolute Gasteiger partial charge is 0.344 e. The number of aromatic nitrogens is 2. The molecule has 2 rings (SSSR count). The molecule has 1 aromatic heterocycles. The second-order valence-corrected chi connectivity index (χ2v) is 5.79. The zero-order valence-corrected chi connectivity index (χ0v) is 13.7. The third-order valence-electron chi connectivity index (χ3n) is 3.09. The predicted molar refractivity (Wildman–Crippen MR) is 81.7 cm³/mol. The Labute approximate surface area is 139 Å². The van der Waals surface area contributed by atoms with E-state index in [0.29, 0.717) is 0 Å². The summed E-state index contributed by atoms with van der Waals surface area (Å²) in [7, 11) is 2.39. The fourth-order valence-corrected chi connectivity index (χ4v) is 2.40. The first-order chi connectivity index (χ1) is 11.3. The molecule has 0 fully saturated rings. The molecule has 24 heavy (non-hydrogen) atoms. The van der Waals surface area contributed by atoms with Crippen molar-refractivity contribution in [1.82, 2.24) is 9.97 Å². The molecule has 0 spiro atoms. The molecule has 1 unspecified atom stereocenters. The van der Waals surface area contributed by atoms with E-state index >= 15 is 0 Å². The lowest BCUT2D eigenvalue weighted by Gasteiger charge is -2.14. The van der Waals surface area contributed by atoms with Crippen LogP contribution in [0.1, 0.15) is 15.9 Å². The number of nitrogens with two attached hydrogens (primary N) is 1. The van der Waals surface area contributed by atoms with Crippen LogP contribution in [0.3, 0.4) is 0 Å². The van der Waals surface area contributed by atoms with Gasteiger partial charge in [0, 0.05) is 23.4 Å². The zero-order chi connectivity index (χ0) is 18.0. The number of anilines is 1. The van der Waals surface area contributed by atoms with Gasteiger partial charge in [0.1, 0.15) is 17.6 Å². The van der Waals surface area contributed by atoms with Crippen LogP contribution in [0.15, 0.2) is 17.4 Å². The highest BCUT2D eigenvalue weighted by Gasteiger charge is 2.28. The van der Waals surface area contributed by atoms with Crippen LogP contribution in [-0.4, -0.2) is 40.8 Å². The van der Waals surface area contributed by atoms with Crippen LogP contribution in [0.25, 0.3) is 0 Å². The molecule has 128 valence electrons. The SMILES string of the molecule is COc1cc(F)c(F)c(C(=O)c2cnc([S+](C)[O-])nc2N)c1OC. The number of ether oxygens (including phenoxy) is 2. The molecule has 7 nitrogen and oxygen atoms in total. The summed E-state index contributed by atoms with van der Waals surface area (Å²) >= 11 is -1.52. The second kappa shape index (κ2) is 6.97. The Balaban J connectivity index is 2.64. The monoisotopic (exact) mass is 357 g/mol. The number of rotatable bonds is 5. The van der Waals surface area contributed by atoms with Gasteiger partial charge in [-0.1, -0.05) is 0 Å². The van der Waals surface area contributed by atoms with Crippen LogP contribution in [0.5, 0.6) is 11.5 Å². The Morgan fingerprint density at radius 1 is 1.33 bits per heavy atom. The highest BCUT2D eigenvalue weighted by molar-refractivity contribution is 7.90. The number of hydrogen-bond donors (Lipinski definition) is 1. The van der Waals surface area contributed by atoms with Crippen molar-refractivity contribution in [2.45, 2.75) is 5.16 Å². The van der Waals surface area contributed by atoms with Crippen molar-refractivity contribution in [2.75, 3.05) is 26.2 Å². The molecular formula is C14H13F2N3O4S. The molecule has 0 radical (unpaired) electrons. The van der Waals surface area contributed by atoms with E-state index in [9.17, 15) is 18.1 Å². The summed E-state index contributed by atoms with van der Waals surface area (Å²) in [6.07, 6.45) is 2.33. The lowest BCUT2D eigenvalue weighted by Crippen LogP contribution is -2.15. The predicted octanol–water partition coefficient (Wildman–Crippen LogP) is 1.32. The molecule has 1 atom stereocenters. The Kier molecular flexibility index (Phi) is 5.20. The molecule has 0 amide bonds. The minimum absolute atomic E-state index is 0.0895. The Morgan fingerprint density at radius 2 is 2.00 bits per heavy atom. The van der Waals surface area contributed by atoms with Crippen molar-refractivity contribution < 1.29 is 27.6 Å². The van der Waals surface area contributed by atoms with Crippen LogP contribution in [0.2, 0.25) is 0 Å². The minimum Gasteiger partial charge on any atom is -0.609 e. The maximum Gasteiger partial charge on any atom is 0.344 e. The van der Waals surface area contributed by atoms with Crippen molar-refractivity contribution in [3.8, 4) is 11.5 Å². The van der Waals surface area contributed by atoms with Crippen molar-refractivity contribution in [3.05, 3.63) is 35.0 Å². The van der Waals surface area contributed by atoms with Crippen molar-refractivity contribution in [2.24, 2.45) is 0 Å². The molecule has 1 aromatic carbocycles. The van der Waals surface area contributed by atoms with Gasteiger partial charge in [0.15, 0.2) is 23.1 Å². The van der Waals surface area contributed by atoms with E-state index in [0.717, 1.165) is 12.3 Å². The number of ketones is 1. The van der Waals surface area contributed by atoms with Gasteiger partial charge in [-0.2, -0.15) is 9.97 Å². The molecule has 10 heteroatoms. The van der Waals surface area contributed by atoms with Gasteiger partial charge in [-0.15, -0.1) is 0 Å². The van der Waals surface area contributed by atoms with Gasteiger partial charge < -0.3 is 19.8 Å². The summed E-state index contributed by atoms with van der Waals surface area (Å²) in [5.41, 5.74) is 4.67. The first kappa shape index (κ1) is 17.9. The number of carbonyl (C=O) groups excluding carboxylic acids is 1. The lowest BCUT2D eigenvalue weighted by molar-refractivity contribution is 0.103. The van der Waals surface area contributed by atoms with Crippen LogP contribution in [0, 0.1) is 11.6 Å². The Bertz CT molecular complexity index is 802. The molecule has 2 N–H and O–H groups in total. The maximum absolute atomic E-state index is 14.2. The van der Waals surface area contributed by atoms with Crippen LogP contribution in [0.4, 0.5) is 14.6 Å². The van der Waals surface area contributed by atoms with E-state index in [4.69, 9.17) is 15.2 Å². The fraction of sp³-hybridized carbons (Fsp3) is 0.214. The summed E-state index contributed by atoms with van der Waals surface area (Å²) in [6.45, 7) is 0. The van der Waals surface area contributed by atoms with E-state index in [1.165, 1.54) is 20.5 Å². The molecule has 0 aliphatic heterocycles. The normalized spacial score (nSPS) is 11.9. The summed E-state index contributed by atoms with van der Waals surface area (Å²) in [6, 6.07) is 0.758. The van der Waals surface area contributed by atoms with Gasteiger partial charge in [-0.25, -0.2) is 8.78 Å². The summed E-state index contributed by atoms with van der Waals surface area (Å²) in [5.74, 6) is -4.46. The van der Waals surface area contributed by atoms with Crippen molar-refractivity contribution >= 4 is 22.8 Å². The second-order valence-electron chi connectivity index (χ2n) is 4.52. The molecule has 0 bridgehead atoms. The Morgan fingerprint density at radius 3 is 2.50 bits per heavy atom. The number of carbonyl (C=O) groups is 1. The van der Waals surface area contributed by atoms with Crippen LogP contribution in [-0.2, 0) is 11.2 Å². The van der Waals surface area contributed by atoms with Gasteiger partial charge in [0.25, 0.3) is 0 Å². The molecule has 2 aromatic rings. The van der Waals surface area contributed by atoms with Crippen LogP contribution >= 0.6 is 0 Å². The van der Waals surface area contributed by atoms with Gasteiger partial charge >= 0.3 is 5.16 Å². The standard InChI is InChI=1S/C14H13F2N3O4S/c1-22-8-4-7(15)10(16)9(12(8)23-2)11(20)6-5-18-14(24(3)21)19-13(6)17/h4-5H,1-3H3,(H2,17,18,19). The Hall–Kier alpha value is -2.46. The van der Waals surface area contributed by atoms with Crippen LogP contribution < -0.4 is 15.2 Å². The topological polar surface area (TPSA) is 110 Å². The van der Waals surface area contributed by atoms with E-state index in [-0.39, 0.29) is 28.0 Å². The number of nitrogen functional groups attached to an aromatic ring is 1. The van der Waals surface area contributed by atoms with E-state index in [2.05, 4.69) is 9.97 Å². The minimum atomic E-state index is -1.52. The molecule has 0 saturated carbocycles. The maximum atomic E-state index is 14.2. The fourth-order valence-electron chi connectivity index (χ4n) is 1.97. The highest BCUT2D eigenvalue weighted by atomic mass is 32.2. The zero-order valence-electron chi connectivity index (χ0n) is 12.9.